The van der Waals surface area contributed by atoms with Crippen molar-refractivity contribution in [2.45, 2.75) is 30.6 Å². The van der Waals surface area contributed by atoms with E-state index in [0.717, 1.165) is 5.56 Å². The first kappa shape index (κ1) is 16.4. The van der Waals surface area contributed by atoms with Gasteiger partial charge in [-0.1, -0.05) is 12.1 Å². The van der Waals surface area contributed by atoms with E-state index in [4.69, 9.17) is 15.2 Å². The molecule has 2 atom stereocenters. The smallest absolute Gasteiger partial charge is 0.243 e. The Labute approximate surface area is 125 Å². The molecule has 2 N–H and O–H groups in total. The molecule has 1 aromatic rings. The summed E-state index contributed by atoms with van der Waals surface area (Å²) < 4.78 is 37.5. The quantitative estimate of drug-likeness (QED) is 0.855. The Hall–Kier alpha value is -0.990. The number of ether oxygens (including phenoxy) is 2. The lowest BCUT2D eigenvalue weighted by atomic mass is 10.1. The lowest BCUT2D eigenvalue weighted by Crippen LogP contribution is -2.30. The van der Waals surface area contributed by atoms with Crippen LogP contribution in [-0.2, 0) is 26.0 Å². The molecule has 1 fully saturated rings. The summed E-state index contributed by atoms with van der Waals surface area (Å²) in [5.74, 6) is 0. The van der Waals surface area contributed by atoms with Gasteiger partial charge < -0.3 is 15.2 Å². The summed E-state index contributed by atoms with van der Waals surface area (Å²) in [6.45, 7) is 2.77. The highest BCUT2D eigenvalue weighted by molar-refractivity contribution is 7.89. The third-order valence-electron chi connectivity index (χ3n) is 3.88. The minimum atomic E-state index is -3.55. The standard InChI is InChI=1S/C14H22N2O4S/c1-10-6-11(7-15)4-5-14(10)21(17,18)16-8-12(19-2)13(9-16)20-3/h4-6,12-13H,7-9,15H2,1-3H3. The largest absolute Gasteiger partial charge is 0.377 e. The van der Waals surface area contributed by atoms with E-state index in [0.29, 0.717) is 30.1 Å². The minimum absolute atomic E-state index is 0.242. The number of nitrogens with zero attached hydrogens (tertiary/aromatic N) is 1. The first-order chi connectivity index (χ1) is 9.93. The summed E-state index contributed by atoms with van der Waals surface area (Å²) in [4.78, 5) is 0.311. The molecule has 118 valence electrons. The Balaban J connectivity index is 2.31. The Bertz CT molecular complexity index is 591. The molecule has 2 rings (SSSR count). The van der Waals surface area contributed by atoms with Crippen molar-refractivity contribution < 1.29 is 17.9 Å². The van der Waals surface area contributed by atoms with Crippen LogP contribution < -0.4 is 5.73 Å². The summed E-state index contributed by atoms with van der Waals surface area (Å²) in [6.07, 6.45) is -0.484. The molecule has 0 aliphatic carbocycles. The molecule has 0 bridgehead atoms. The molecule has 1 aromatic carbocycles. The Morgan fingerprint density at radius 2 is 1.81 bits per heavy atom. The van der Waals surface area contributed by atoms with Gasteiger partial charge in [0.1, 0.15) is 0 Å². The molecule has 2 unspecified atom stereocenters. The number of methoxy groups -OCH3 is 2. The Kier molecular flexibility index (Phi) is 5.00. The average molecular weight is 314 g/mol. The number of nitrogens with two attached hydrogens (primary N) is 1. The van der Waals surface area contributed by atoms with Crippen molar-refractivity contribution in [3.05, 3.63) is 29.3 Å². The molecule has 7 heteroatoms. The summed E-state index contributed by atoms with van der Waals surface area (Å²) in [6, 6.07) is 5.18. The third-order valence-corrected chi connectivity index (χ3v) is 5.87. The van der Waals surface area contributed by atoms with Crippen LogP contribution in [0.2, 0.25) is 0 Å². The van der Waals surface area contributed by atoms with Crippen molar-refractivity contribution in [3.8, 4) is 0 Å². The normalized spacial score (nSPS) is 23.6. The second-order valence-corrected chi connectivity index (χ2v) is 7.08. The van der Waals surface area contributed by atoms with Gasteiger partial charge in [0.05, 0.1) is 17.1 Å². The second-order valence-electron chi connectivity index (χ2n) is 5.17. The molecule has 1 heterocycles. The first-order valence-corrected chi connectivity index (χ1v) is 8.23. The van der Waals surface area contributed by atoms with Crippen LogP contribution in [0.3, 0.4) is 0 Å². The van der Waals surface area contributed by atoms with E-state index in [2.05, 4.69) is 0 Å². The van der Waals surface area contributed by atoms with Gasteiger partial charge in [-0.2, -0.15) is 4.31 Å². The van der Waals surface area contributed by atoms with E-state index in [-0.39, 0.29) is 12.2 Å². The molecule has 0 radical (unpaired) electrons. The van der Waals surface area contributed by atoms with Crippen LogP contribution in [0.25, 0.3) is 0 Å². The SMILES string of the molecule is COC1CN(S(=O)(=O)c2ccc(CN)cc2C)CC1OC. The summed E-state index contributed by atoms with van der Waals surface area (Å²) in [5, 5.41) is 0. The molecule has 0 spiro atoms. The number of rotatable bonds is 5. The van der Waals surface area contributed by atoms with Gasteiger partial charge in [0.25, 0.3) is 0 Å². The predicted octanol–water partition coefficient (Wildman–Crippen LogP) is 0.488. The molecular weight excluding hydrogens is 292 g/mol. The van der Waals surface area contributed by atoms with E-state index in [9.17, 15) is 8.42 Å². The van der Waals surface area contributed by atoms with Gasteiger partial charge in [-0.15, -0.1) is 0 Å². The molecule has 1 aliphatic heterocycles. The molecule has 0 aromatic heterocycles. The number of benzene rings is 1. The zero-order chi connectivity index (χ0) is 15.6. The molecule has 21 heavy (non-hydrogen) atoms. The van der Waals surface area contributed by atoms with Crippen LogP contribution in [0.5, 0.6) is 0 Å². The highest BCUT2D eigenvalue weighted by atomic mass is 32.2. The van der Waals surface area contributed by atoms with Gasteiger partial charge in [-0.05, 0) is 24.1 Å². The number of aryl methyl sites for hydroxylation is 1. The van der Waals surface area contributed by atoms with Crippen molar-refractivity contribution >= 4 is 10.0 Å². The lowest BCUT2D eigenvalue weighted by molar-refractivity contribution is -0.00461. The predicted molar refractivity (Wildman–Crippen MR) is 79.4 cm³/mol. The maximum atomic E-state index is 12.8. The van der Waals surface area contributed by atoms with E-state index in [1.54, 1.807) is 33.3 Å². The molecule has 1 saturated heterocycles. The van der Waals surface area contributed by atoms with Gasteiger partial charge in [0.15, 0.2) is 0 Å². The van der Waals surface area contributed by atoms with Crippen LogP contribution in [0.1, 0.15) is 11.1 Å². The van der Waals surface area contributed by atoms with Gasteiger partial charge in [-0.25, -0.2) is 8.42 Å². The van der Waals surface area contributed by atoms with Gasteiger partial charge >= 0.3 is 0 Å². The molecule has 0 saturated carbocycles. The first-order valence-electron chi connectivity index (χ1n) is 6.79. The zero-order valence-corrected chi connectivity index (χ0v) is 13.4. The fourth-order valence-electron chi connectivity index (χ4n) is 2.63. The summed E-state index contributed by atoms with van der Waals surface area (Å²) in [5.41, 5.74) is 7.20. The van der Waals surface area contributed by atoms with Crippen LogP contribution >= 0.6 is 0 Å². The number of hydrogen-bond donors (Lipinski definition) is 1. The average Bonchev–Trinajstić information content (AvgIpc) is 2.90. The van der Waals surface area contributed by atoms with E-state index >= 15 is 0 Å². The van der Waals surface area contributed by atoms with Gasteiger partial charge in [0.2, 0.25) is 10.0 Å². The zero-order valence-electron chi connectivity index (χ0n) is 12.6. The van der Waals surface area contributed by atoms with Gasteiger partial charge in [0, 0.05) is 33.9 Å². The molecular formula is C14H22N2O4S. The van der Waals surface area contributed by atoms with Crippen molar-refractivity contribution in [3.63, 3.8) is 0 Å². The van der Waals surface area contributed by atoms with Crippen LogP contribution in [0.4, 0.5) is 0 Å². The van der Waals surface area contributed by atoms with Gasteiger partial charge in [-0.3, -0.25) is 0 Å². The van der Waals surface area contributed by atoms with Crippen molar-refractivity contribution in [2.75, 3.05) is 27.3 Å². The Morgan fingerprint density at radius 1 is 1.24 bits per heavy atom. The second kappa shape index (κ2) is 6.41. The highest BCUT2D eigenvalue weighted by Crippen LogP contribution is 2.26. The molecule has 0 amide bonds. The van der Waals surface area contributed by atoms with Crippen LogP contribution in [0, 0.1) is 6.92 Å². The van der Waals surface area contributed by atoms with Crippen molar-refractivity contribution in [2.24, 2.45) is 5.73 Å². The monoisotopic (exact) mass is 314 g/mol. The van der Waals surface area contributed by atoms with Crippen LogP contribution in [-0.4, -0.2) is 52.2 Å². The van der Waals surface area contributed by atoms with Crippen LogP contribution in [0.15, 0.2) is 23.1 Å². The molecule has 6 nitrogen and oxygen atoms in total. The van der Waals surface area contributed by atoms with Crippen molar-refractivity contribution in [1.82, 2.24) is 4.31 Å². The highest BCUT2D eigenvalue weighted by Gasteiger charge is 2.40. The van der Waals surface area contributed by atoms with Crippen molar-refractivity contribution in [1.29, 1.82) is 0 Å². The topological polar surface area (TPSA) is 81.9 Å². The minimum Gasteiger partial charge on any atom is -0.377 e. The summed E-state index contributed by atoms with van der Waals surface area (Å²) in [7, 11) is -0.421. The van der Waals surface area contributed by atoms with E-state index in [1.807, 2.05) is 6.07 Å². The van der Waals surface area contributed by atoms with E-state index in [1.165, 1.54) is 4.31 Å². The number of sulfonamides is 1. The molecule has 1 aliphatic rings. The lowest BCUT2D eigenvalue weighted by Gasteiger charge is -2.18. The van der Waals surface area contributed by atoms with E-state index < -0.39 is 10.0 Å². The summed E-state index contributed by atoms with van der Waals surface area (Å²) >= 11 is 0. The fourth-order valence-corrected chi connectivity index (χ4v) is 4.30. The Morgan fingerprint density at radius 3 is 2.24 bits per heavy atom. The maximum absolute atomic E-state index is 12.8. The maximum Gasteiger partial charge on any atom is 0.243 e. The number of hydrogen-bond acceptors (Lipinski definition) is 5. The fraction of sp³-hybridized carbons (Fsp3) is 0.571. The third kappa shape index (κ3) is 3.12.